The van der Waals surface area contributed by atoms with Crippen LogP contribution in [-0.2, 0) is 23.1 Å². The molecule has 0 spiro atoms. The molecule has 0 radical (unpaired) electrons. The van der Waals surface area contributed by atoms with Gasteiger partial charge in [-0.2, -0.15) is 4.31 Å². The average Bonchev–Trinajstić information content (AvgIpc) is 2.46. The SMILES string of the molecule is CCNCc1ccccc1CN1CCN(S(C)(=O)=O)CC1. The average molecular weight is 311 g/mol. The van der Waals surface area contributed by atoms with Crippen LogP contribution in [0.2, 0.25) is 0 Å². The van der Waals surface area contributed by atoms with Crippen molar-refractivity contribution in [1.29, 1.82) is 0 Å². The molecule has 1 aromatic rings. The Labute approximate surface area is 128 Å². The Morgan fingerprint density at radius 1 is 1.10 bits per heavy atom. The van der Waals surface area contributed by atoms with Gasteiger partial charge in [-0.05, 0) is 17.7 Å². The molecule has 1 aliphatic heterocycles. The first kappa shape index (κ1) is 16.4. The molecule has 1 fully saturated rings. The standard InChI is InChI=1S/C15H25N3O2S/c1-3-16-12-14-6-4-5-7-15(14)13-17-8-10-18(11-9-17)21(2,19)20/h4-7,16H,3,8-13H2,1-2H3. The number of hydrogen-bond donors (Lipinski definition) is 1. The first-order chi connectivity index (χ1) is 10.0. The van der Waals surface area contributed by atoms with Crippen molar-refractivity contribution >= 4 is 10.0 Å². The van der Waals surface area contributed by atoms with Gasteiger partial charge < -0.3 is 5.32 Å². The molecule has 1 aromatic carbocycles. The summed E-state index contributed by atoms with van der Waals surface area (Å²) >= 11 is 0. The van der Waals surface area contributed by atoms with E-state index in [0.717, 1.165) is 32.7 Å². The zero-order chi connectivity index (χ0) is 15.3. The summed E-state index contributed by atoms with van der Waals surface area (Å²) in [6.07, 6.45) is 1.29. The van der Waals surface area contributed by atoms with E-state index in [2.05, 4.69) is 41.4 Å². The Balaban J connectivity index is 1.94. The number of sulfonamides is 1. The molecule has 5 nitrogen and oxygen atoms in total. The summed E-state index contributed by atoms with van der Waals surface area (Å²) in [5.74, 6) is 0. The lowest BCUT2D eigenvalue weighted by Crippen LogP contribution is -2.47. The van der Waals surface area contributed by atoms with Crippen LogP contribution in [0.25, 0.3) is 0 Å². The third-order valence-electron chi connectivity index (χ3n) is 3.88. The Morgan fingerprint density at radius 2 is 1.71 bits per heavy atom. The van der Waals surface area contributed by atoms with Gasteiger partial charge in [0, 0.05) is 39.3 Å². The highest BCUT2D eigenvalue weighted by molar-refractivity contribution is 7.88. The van der Waals surface area contributed by atoms with Gasteiger partial charge in [-0.1, -0.05) is 31.2 Å². The van der Waals surface area contributed by atoms with Crippen LogP contribution in [0.3, 0.4) is 0 Å². The van der Waals surface area contributed by atoms with E-state index in [1.165, 1.54) is 17.4 Å². The minimum absolute atomic E-state index is 0.591. The topological polar surface area (TPSA) is 52.6 Å². The van der Waals surface area contributed by atoms with E-state index in [1.807, 2.05) is 0 Å². The molecule has 0 amide bonds. The quantitative estimate of drug-likeness (QED) is 0.847. The molecule has 1 aliphatic rings. The smallest absolute Gasteiger partial charge is 0.211 e. The molecule has 6 heteroatoms. The summed E-state index contributed by atoms with van der Waals surface area (Å²) < 4.78 is 24.6. The third-order valence-corrected chi connectivity index (χ3v) is 5.18. The van der Waals surface area contributed by atoms with Gasteiger partial charge in [0.2, 0.25) is 10.0 Å². The molecule has 0 bridgehead atoms. The zero-order valence-electron chi connectivity index (χ0n) is 12.9. The third kappa shape index (κ3) is 4.78. The van der Waals surface area contributed by atoms with Crippen LogP contribution in [0.1, 0.15) is 18.1 Å². The van der Waals surface area contributed by atoms with Crippen molar-refractivity contribution in [2.75, 3.05) is 39.0 Å². The fraction of sp³-hybridized carbons (Fsp3) is 0.600. The highest BCUT2D eigenvalue weighted by atomic mass is 32.2. The van der Waals surface area contributed by atoms with E-state index in [1.54, 1.807) is 4.31 Å². The second-order valence-electron chi connectivity index (χ2n) is 5.49. The van der Waals surface area contributed by atoms with Crippen LogP contribution >= 0.6 is 0 Å². The lowest BCUT2D eigenvalue weighted by atomic mass is 10.1. The monoisotopic (exact) mass is 311 g/mol. The minimum Gasteiger partial charge on any atom is -0.313 e. The number of rotatable bonds is 6. The predicted molar refractivity (Wildman–Crippen MR) is 85.5 cm³/mol. The van der Waals surface area contributed by atoms with Crippen LogP contribution < -0.4 is 5.32 Å². The van der Waals surface area contributed by atoms with Gasteiger partial charge in [0.1, 0.15) is 0 Å². The molecule has 118 valence electrons. The Hall–Kier alpha value is -0.950. The molecule has 0 aliphatic carbocycles. The fourth-order valence-electron chi connectivity index (χ4n) is 2.60. The molecule has 1 heterocycles. The molecular formula is C15H25N3O2S. The maximum atomic E-state index is 11.5. The van der Waals surface area contributed by atoms with E-state index in [4.69, 9.17) is 0 Å². The highest BCUT2D eigenvalue weighted by Crippen LogP contribution is 2.14. The van der Waals surface area contributed by atoms with E-state index >= 15 is 0 Å². The largest absolute Gasteiger partial charge is 0.313 e. The maximum Gasteiger partial charge on any atom is 0.211 e. The van der Waals surface area contributed by atoms with E-state index in [0.29, 0.717) is 13.1 Å². The second kappa shape index (κ2) is 7.35. The van der Waals surface area contributed by atoms with Crippen molar-refractivity contribution in [3.63, 3.8) is 0 Å². The van der Waals surface area contributed by atoms with Gasteiger partial charge in [0.05, 0.1) is 6.26 Å². The summed E-state index contributed by atoms with van der Waals surface area (Å²) in [5.41, 5.74) is 2.65. The summed E-state index contributed by atoms with van der Waals surface area (Å²) in [4.78, 5) is 2.33. The maximum absolute atomic E-state index is 11.5. The predicted octanol–water partition coefficient (Wildman–Crippen LogP) is 0.873. The van der Waals surface area contributed by atoms with Crippen LogP contribution in [0, 0.1) is 0 Å². The highest BCUT2D eigenvalue weighted by Gasteiger charge is 2.23. The number of nitrogens with zero attached hydrogens (tertiary/aromatic N) is 2. The lowest BCUT2D eigenvalue weighted by Gasteiger charge is -2.33. The summed E-state index contributed by atoms with van der Waals surface area (Å²) in [7, 11) is -3.05. The summed E-state index contributed by atoms with van der Waals surface area (Å²) in [6, 6.07) is 8.45. The molecule has 0 atom stereocenters. The van der Waals surface area contributed by atoms with Crippen molar-refractivity contribution in [3.8, 4) is 0 Å². The number of benzene rings is 1. The summed E-state index contributed by atoms with van der Waals surface area (Å²) in [5, 5.41) is 3.36. The molecule has 21 heavy (non-hydrogen) atoms. The van der Waals surface area contributed by atoms with Crippen molar-refractivity contribution in [2.24, 2.45) is 0 Å². The minimum atomic E-state index is -3.05. The number of hydrogen-bond acceptors (Lipinski definition) is 4. The van der Waals surface area contributed by atoms with Crippen LogP contribution in [-0.4, -0.2) is 56.6 Å². The Morgan fingerprint density at radius 3 is 2.29 bits per heavy atom. The van der Waals surface area contributed by atoms with E-state index in [9.17, 15) is 8.42 Å². The van der Waals surface area contributed by atoms with Crippen LogP contribution in [0.5, 0.6) is 0 Å². The zero-order valence-corrected chi connectivity index (χ0v) is 13.7. The van der Waals surface area contributed by atoms with E-state index in [-0.39, 0.29) is 0 Å². The number of nitrogens with one attached hydrogen (secondary N) is 1. The lowest BCUT2D eigenvalue weighted by molar-refractivity contribution is 0.181. The Bertz CT molecular complexity index is 552. The fourth-order valence-corrected chi connectivity index (χ4v) is 3.43. The van der Waals surface area contributed by atoms with Crippen LogP contribution in [0.4, 0.5) is 0 Å². The van der Waals surface area contributed by atoms with Gasteiger partial charge in [0.15, 0.2) is 0 Å². The van der Waals surface area contributed by atoms with Gasteiger partial charge in [-0.3, -0.25) is 4.90 Å². The molecule has 0 aromatic heterocycles. The number of piperazine rings is 1. The van der Waals surface area contributed by atoms with Crippen LogP contribution in [0.15, 0.2) is 24.3 Å². The second-order valence-corrected chi connectivity index (χ2v) is 7.47. The van der Waals surface area contributed by atoms with Gasteiger partial charge in [-0.25, -0.2) is 8.42 Å². The first-order valence-corrected chi connectivity index (χ1v) is 9.30. The molecule has 0 saturated carbocycles. The Kier molecular flexibility index (Phi) is 5.75. The van der Waals surface area contributed by atoms with Crippen molar-refractivity contribution < 1.29 is 8.42 Å². The first-order valence-electron chi connectivity index (χ1n) is 7.45. The van der Waals surface area contributed by atoms with Gasteiger partial charge in [-0.15, -0.1) is 0 Å². The van der Waals surface area contributed by atoms with E-state index < -0.39 is 10.0 Å². The van der Waals surface area contributed by atoms with Crippen molar-refractivity contribution in [1.82, 2.24) is 14.5 Å². The molecular weight excluding hydrogens is 286 g/mol. The van der Waals surface area contributed by atoms with Crippen molar-refractivity contribution in [3.05, 3.63) is 35.4 Å². The van der Waals surface area contributed by atoms with Gasteiger partial charge in [0.25, 0.3) is 0 Å². The molecule has 1 saturated heterocycles. The summed E-state index contributed by atoms with van der Waals surface area (Å²) in [6.45, 7) is 7.61. The van der Waals surface area contributed by atoms with Crippen molar-refractivity contribution in [2.45, 2.75) is 20.0 Å². The molecule has 1 N–H and O–H groups in total. The molecule has 2 rings (SSSR count). The normalized spacial score (nSPS) is 18.0. The molecule has 0 unspecified atom stereocenters. The van der Waals surface area contributed by atoms with Gasteiger partial charge >= 0.3 is 0 Å².